The minimum Gasteiger partial charge on any atom is -0.376 e. The molecule has 0 atom stereocenters. The van der Waals surface area contributed by atoms with Crippen LogP contribution < -0.4 is 10.2 Å². The van der Waals surface area contributed by atoms with Crippen molar-refractivity contribution in [2.45, 2.75) is 6.54 Å². The summed E-state index contributed by atoms with van der Waals surface area (Å²) in [6, 6.07) is 5.87. The van der Waals surface area contributed by atoms with Gasteiger partial charge in [0.05, 0.1) is 17.9 Å². The Labute approximate surface area is 94.5 Å². The van der Waals surface area contributed by atoms with Crippen molar-refractivity contribution in [2.24, 2.45) is 0 Å². The molecule has 5 heteroatoms. The molecule has 5 nitrogen and oxygen atoms in total. The van der Waals surface area contributed by atoms with E-state index in [1.54, 1.807) is 12.4 Å². The Morgan fingerprint density at radius 2 is 2.19 bits per heavy atom. The van der Waals surface area contributed by atoms with E-state index in [0.29, 0.717) is 6.54 Å². The average Bonchev–Trinajstić information content (AvgIpc) is 2.79. The largest absolute Gasteiger partial charge is 0.376 e. The third-order valence-electron chi connectivity index (χ3n) is 2.24. The van der Waals surface area contributed by atoms with Gasteiger partial charge in [0, 0.05) is 26.5 Å². The smallest absolute Gasteiger partial charge is 0.151 e. The first kappa shape index (κ1) is 10.5. The summed E-state index contributed by atoms with van der Waals surface area (Å²) in [5, 5.41) is 10.1. The van der Waals surface area contributed by atoms with E-state index in [0.717, 1.165) is 17.2 Å². The van der Waals surface area contributed by atoms with Crippen LogP contribution in [0.2, 0.25) is 0 Å². The lowest BCUT2D eigenvalue weighted by atomic mass is 10.3. The van der Waals surface area contributed by atoms with Crippen LogP contribution in [0.25, 0.3) is 0 Å². The zero-order chi connectivity index (χ0) is 11.4. The number of nitrogens with zero attached hydrogens (tertiary/aromatic N) is 3. The van der Waals surface area contributed by atoms with Crippen molar-refractivity contribution in [2.75, 3.05) is 24.3 Å². The topological polar surface area (TPSA) is 56.8 Å². The molecular formula is C11H15N5. The third kappa shape index (κ3) is 2.31. The molecular weight excluding hydrogens is 202 g/mol. The van der Waals surface area contributed by atoms with E-state index in [-0.39, 0.29) is 0 Å². The maximum absolute atomic E-state index is 4.32. The van der Waals surface area contributed by atoms with Crippen LogP contribution in [0.5, 0.6) is 0 Å². The fourth-order valence-electron chi connectivity index (χ4n) is 1.46. The minimum absolute atomic E-state index is 0.715. The Morgan fingerprint density at radius 3 is 2.88 bits per heavy atom. The molecule has 2 rings (SSSR count). The van der Waals surface area contributed by atoms with Gasteiger partial charge in [-0.3, -0.25) is 5.10 Å². The minimum atomic E-state index is 0.715. The van der Waals surface area contributed by atoms with Crippen LogP contribution >= 0.6 is 0 Å². The monoisotopic (exact) mass is 217 g/mol. The lowest BCUT2D eigenvalue weighted by Crippen LogP contribution is -2.13. The third-order valence-corrected chi connectivity index (χ3v) is 2.24. The van der Waals surface area contributed by atoms with Crippen LogP contribution in [0.1, 0.15) is 5.69 Å². The van der Waals surface area contributed by atoms with Gasteiger partial charge in [0.2, 0.25) is 0 Å². The predicted octanol–water partition coefficient (Wildman–Crippen LogP) is 1.48. The van der Waals surface area contributed by atoms with Crippen molar-refractivity contribution in [1.82, 2.24) is 15.2 Å². The zero-order valence-electron chi connectivity index (χ0n) is 9.44. The number of hydrogen-bond donors (Lipinski definition) is 2. The molecule has 2 N–H and O–H groups in total. The quantitative estimate of drug-likeness (QED) is 0.814. The first-order valence-electron chi connectivity index (χ1n) is 5.12. The molecule has 0 aliphatic heterocycles. The standard InChI is InChI=1S/C11H15N5/c1-16(2)11-10(4-3-6-12-11)13-8-9-5-7-14-15-9/h3-7,13H,8H2,1-2H3,(H,14,15). The number of H-pyrrole nitrogens is 1. The number of aromatic nitrogens is 3. The van der Waals surface area contributed by atoms with Crippen molar-refractivity contribution in [3.05, 3.63) is 36.3 Å². The molecule has 0 spiro atoms. The molecule has 0 saturated carbocycles. The maximum atomic E-state index is 4.32. The Hall–Kier alpha value is -2.04. The van der Waals surface area contributed by atoms with Gasteiger partial charge >= 0.3 is 0 Å². The van der Waals surface area contributed by atoms with E-state index in [9.17, 15) is 0 Å². The highest BCUT2D eigenvalue weighted by Crippen LogP contribution is 2.20. The second-order valence-electron chi connectivity index (χ2n) is 3.70. The Bertz CT molecular complexity index is 435. The van der Waals surface area contributed by atoms with Crippen LogP contribution in [0.15, 0.2) is 30.6 Å². The average molecular weight is 217 g/mol. The van der Waals surface area contributed by atoms with Crippen LogP contribution in [0.4, 0.5) is 11.5 Å². The molecule has 2 aromatic rings. The van der Waals surface area contributed by atoms with Crippen LogP contribution in [-0.4, -0.2) is 29.3 Å². The SMILES string of the molecule is CN(C)c1ncccc1NCc1ccn[nH]1. The van der Waals surface area contributed by atoms with Gasteiger partial charge in [-0.2, -0.15) is 5.10 Å². The number of rotatable bonds is 4. The lowest BCUT2D eigenvalue weighted by molar-refractivity contribution is 0.975. The zero-order valence-corrected chi connectivity index (χ0v) is 9.44. The molecule has 0 aliphatic rings. The fourth-order valence-corrected chi connectivity index (χ4v) is 1.46. The number of hydrogen-bond acceptors (Lipinski definition) is 4. The summed E-state index contributed by atoms with van der Waals surface area (Å²) in [6.45, 7) is 0.715. The Kier molecular flexibility index (Phi) is 3.05. The summed E-state index contributed by atoms with van der Waals surface area (Å²) in [5.74, 6) is 0.932. The molecule has 2 heterocycles. The molecule has 16 heavy (non-hydrogen) atoms. The summed E-state index contributed by atoms with van der Waals surface area (Å²) >= 11 is 0. The van der Waals surface area contributed by atoms with Gasteiger partial charge in [-0.1, -0.05) is 0 Å². The maximum Gasteiger partial charge on any atom is 0.151 e. The summed E-state index contributed by atoms with van der Waals surface area (Å²) in [4.78, 5) is 6.30. The van der Waals surface area contributed by atoms with Gasteiger partial charge in [0.1, 0.15) is 0 Å². The molecule has 0 aliphatic carbocycles. The summed E-state index contributed by atoms with van der Waals surface area (Å²) in [6.07, 6.45) is 3.53. The second-order valence-corrected chi connectivity index (χ2v) is 3.70. The van der Waals surface area contributed by atoms with E-state index in [1.807, 2.05) is 37.2 Å². The lowest BCUT2D eigenvalue weighted by Gasteiger charge is -2.16. The number of nitrogens with one attached hydrogen (secondary N) is 2. The van der Waals surface area contributed by atoms with E-state index >= 15 is 0 Å². The highest BCUT2D eigenvalue weighted by Gasteiger charge is 2.04. The molecule has 0 saturated heterocycles. The van der Waals surface area contributed by atoms with Crippen molar-refractivity contribution in [1.29, 1.82) is 0 Å². The summed E-state index contributed by atoms with van der Waals surface area (Å²) in [7, 11) is 3.95. The normalized spacial score (nSPS) is 10.1. The van der Waals surface area contributed by atoms with Gasteiger partial charge in [-0.05, 0) is 18.2 Å². The highest BCUT2D eigenvalue weighted by molar-refractivity contribution is 5.64. The molecule has 84 valence electrons. The van der Waals surface area contributed by atoms with E-state index in [4.69, 9.17) is 0 Å². The fraction of sp³-hybridized carbons (Fsp3) is 0.273. The molecule has 0 amide bonds. The first-order valence-corrected chi connectivity index (χ1v) is 5.12. The number of aromatic amines is 1. The van der Waals surface area contributed by atoms with E-state index in [2.05, 4.69) is 20.5 Å². The van der Waals surface area contributed by atoms with Crippen molar-refractivity contribution >= 4 is 11.5 Å². The summed E-state index contributed by atoms with van der Waals surface area (Å²) in [5.41, 5.74) is 2.07. The van der Waals surface area contributed by atoms with Gasteiger partial charge in [-0.25, -0.2) is 4.98 Å². The van der Waals surface area contributed by atoms with Gasteiger partial charge in [0.15, 0.2) is 5.82 Å². The number of pyridine rings is 1. The molecule has 0 aromatic carbocycles. The molecule has 0 bridgehead atoms. The Balaban J connectivity index is 2.09. The Morgan fingerprint density at radius 1 is 1.31 bits per heavy atom. The predicted molar refractivity (Wildman–Crippen MR) is 64.5 cm³/mol. The van der Waals surface area contributed by atoms with E-state index in [1.165, 1.54) is 0 Å². The molecule has 2 aromatic heterocycles. The first-order chi connectivity index (χ1) is 7.77. The summed E-state index contributed by atoms with van der Waals surface area (Å²) < 4.78 is 0. The van der Waals surface area contributed by atoms with Crippen molar-refractivity contribution in [3.63, 3.8) is 0 Å². The number of anilines is 2. The molecule has 0 fully saturated rings. The molecule has 0 radical (unpaired) electrons. The van der Waals surface area contributed by atoms with Crippen LogP contribution in [0, 0.1) is 0 Å². The van der Waals surface area contributed by atoms with Gasteiger partial charge in [0.25, 0.3) is 0 Å². The van der Waals surface area contributed by atoms with Crippen molar-refractivity contribution < 1.29 is 0 Å². The van der Waals surface area contributed by atoms with Crippen LogP contribution in [0.3, 0.4) is 0 Å². The second kappa shape index (κ2) is 4.65. The van der Waals surface area contributed by atoms with Crippen molar-refractivity contribution in [3.8, 4) is 0 Å². The van der Waals surface area contributed by atoms with E-state index < -0.39 is 0 Å². The van der Waals surface area contributed by atoms with Gasteiger partial charge in [-0.15, -0.1) is 0 Å². The van der Waals surface area contributed by atoms with Crippen LogP contribution in [-0.2, 0) is 6.54 Å². The highest BCUT2D eigenvalue weighted by atomic mass is 15.2. The van der Waals surface area contributed by atoms with Gasteiger partial charge < -0.3 is 10.2 Å². The molecule has 0 unspecified atom stereocenters.